The lowest BCUT2D eigenvalue weighted by atomic mass is 9.96. The highest BCUT2D eigenvalue weighted by atomic mass is 16.5. The van der Waals surface area contributed by atoms with Gasteiger partial charge in [-0.15, -0.1) is 0 Å². The molecule has 82 valence electrons. The third-order valence-corrected chi connectivity index (χ3v) is 3.32. The van der Waals surface area contributed by atoms with Crippen molar-refractivity contribution in [3.8, 4) is 5.75 Å². The van der Waals surface area contributed by atoms with Crippen LogP contribution in [0.3, 0.4) is 0 Å². The molecule has 0 aromatic heterocycles. The van der Waals surface area contributed by atoms with Gasteiger partial charge in [-0.2, -0.15) is 0 Å². The molecule has 2 N–H and O–H groups in total. The first-order valence-corrected chi connectivity index (χ1v) is 5.18. The number of hydrogen-bond donors (Lipinski definition) is 1. The van der Waals surface area contributed by atoms with Crippen molar-refractivity contribution < 1.29 is 9.47 Å². The van der Waals surface area contributed by atoms with Gasteiger partial charge < -0.3 is 15.2 Å². The summed E-state index contributed by atoms with van der Waals surface area (Å²) in [5.74, 6) is 0.901. The molecule has 0 spiro atoms. The molecule has 15 heavy (non-hydrogen) atoms. The van der Waals surface area contributed by atoms with E-state index in [1.54, 1.807) is 14.2 Å². The van der Waals surface area contributed by atoms with Crippen LogP contribution in [0.25, 0.3) is 0 Å². The topological polar surface area (TPSA) is 44.5 Å². The highest BCUT2D eigenvalue weighted by Crippen LogP contribution is 2.40. The predicted molar refractivity (Wildman–Crippen MR) is 59.1 cm³/mol. The number of methoxy groups -OCH3 is 2. The van der Waals surface area contributed by atoms with Gasteiger partial charge in [-0.25, -0.2) is 0 Å². The molecule has 3 heteroatoms. The molecular weight excluding hydrogens is 190 g/mol. The summed E-state index contributed by atoms with van der Waals surface area (Å²) in [6.07, 6.45) is 1.97. The number of nitrogens with two attached hydrogens (primary N) is 1. The minimum atomic E-state index is -0.276. The Bertz CT molecular complexity index is 359. The van der Waals surface area contributed by atoms with Gasteiger partial charge in [0.25, 0.3) is 0 Å². The summed E-state index contributed by atoms with van der Waals surface area (Å²) < 4.78 is 10.8. The van der Waals surface area contributed by atoms with E-state index in [1.807, 2.05) is 6.07 Å². The molecule has 1 aliphatic rings. The predicted octanol–water partition coefficient (Wildman–Crippen LogP) is 1.44. The first kappa shape index (κ1) is 10.5. The Morgan fingerprint density at radius 1 is 1.40 bits per heavy atom. The van der Waals surface area contributed by atoms with Crippen molar-refractivity contribution in [2.45, 2.75) is 18.4 Å². The van der Waals surface area contributed by atoms with Crippen molar-refractivity contribution in [2.24, 2.45) is 5.73 Å². The molecule has 1 aromatic rings. The van der Waals surface area contributed by atoms with E-state index in [0.29, 0.717) is 6.54 Å². The number of aryl methyl sites for hydroxylation is 1. The molecule has 1 aromatic carbocycles. The molecule has 2 rings (SSSR count). The number of benzene rings is 1. The van der Waals surface area contributed by atoms with E-state index in [0.717, 1.165) is 18.6 Å². The molecule has 0 saturated carbocycles. The Morgan fingerprint density at radius 3 is 2.80 bits per heavy atom. The van der Waals surface area contributed by atoms with Crippen molar-refractivity contribution >= 4 is 0 Å². The minimum Gasteiger partial charge on any atom is -0.497 e. The SMILES string of the molecule is COc1ccc2c(c1)CCC2(CN)OC. The van der Waals surface area contributed by atoms with Gasteiger partial charge in [0.15, 0.2) is 0 Å². The van der Waals surface area contributed by atoms with Crippen LogP contribution in [0.2, 0.25) is 0 Å². The third kappa shape index (κ3) is 1.52. The van der Waals surface area contributed by atoms with Gasteiger partial charge >= 0.3 is 0 Å². The monoisotopic (exact) mass is 207 g/mol. The normalized spacial score (nSPS) is 23.9. The summed E-state index contributed by atoms with van der Waals surface area (Å²) >= 11 is 0. The summed E-state index contributed by atoms with van der Waals surface area (Å²) in [7, 11) is 3.41. The third-order valence-electron chi connectivity index (χ3n) is 3.32. The Labute approximate surface area is 90.2 Å². The van der Waals surface area contributed by atoms with Gasteiger partial charge in [0.2, 0.25) is 0 Å². The molecule has 0 fully saturated rings. The summed E-state index contributed by atoms with van der Waals surface area (Å²) in [6.45, 7) is 0.531. The van der Waals surface area contributed by atoms with Gasteiger partial charge in [-0.05, 0) is 36.1 Å². The van der Waals surface area contributed by atoms with Crippen LogP contribution in [0.15, 0.2) is 18.2 Å². The number of rotatable bonds is 3. The van der Waals surface area contributed by atoms with E-state index in [-0.39, 0.29) is 5.60 Å². The van der Waals surface area contributed by atoms with Crippen LogP contribution in [-0.4, -0.2) is 20.8 Å². The zero-order valence-electron chi connectivity index (χ0n) is 9.25. The average molecular weight is 207 g/mol. The molecule has 0 saturated heterocycles. The van der Waals surface area contributed by atoms with Gasteiger partial charge in [0.05, 0.1) is 7.11 Å². The van der Waals surface area contributed by atoms with Crippen LogP contribution in [0.5, 0.6) is 5.75 Å². The Kier molecular flexibility index (Phi) is 2.67. The van der Waals surface area contributed by atoms with Gasteiger partial charge in [-0.1, -0.05) is 6.07 Å². The van der Waals surface area contributed by atoms with Crippen LogP contribution in [0, 0.1) is 0 Å². The molecule has 0 aliphatic heterocycles. The minimum absolute atomic E-state index is 0.276. The van der Waals surface area contributed by atoms with E-state index in [9.17, 15) is 0 Å². The maximum atomic E-state index is 5.81. The average Bonchev–Trinajstić information content (AvgIpc) is 2.67. The van der Waals surface area contributed by atoms with E-state index >= 15 is 0 Å². The van der Waals surface area contributed by atoms with Crippen LogP contribution >= 0.6 is 0 Å². The van der Waals surface area contributed by atoms with Crippen molar-refractivity contribution in [3.63, 3.8) is 0 Å². The van der Waals surface area contributed by atoms with Gasteiger partial charge in [0, 0.05) is 13.7 Å². The van der Waals surface area contributed by atoms with Crippen molar-refractivity contribution in [2.75, 3.05) is 20.8 Å². The summed E-state index contributed by atoms with van der Waals surface area (Å²) in [5, 5.41) is 0. The fourth-order valence-electron chi connectivity index (χ4n) is 2.33. The van der Waals surface area contributed by atoms with Crippen molar-refractivity contribution in [1.82, 2.24) is 0 Å². The fourth-order valence-corrected chi connectivity index (χ4v) is 2.33. The molecule has 1 atom stereocenters. The molecule has 1 unspecified atom stereocenters. The lowest BCUT2D eigenvalue weighted by Gasteiger charge is -2.27. The van der Waals surface area contributed by atoms with Crippen LogP contribution < -0.4 is 10.5 Å². The van der Waals surface area contributed by atoms with Crippen LogP contribution in [0.4, 0.5) is 0 Å². The lowest BCUT2D eigenvalue weighted by Crippen LogP contribution is -2.34. The Balaban J connectivity index is 2.43. The molecule has 0 bridgehead atoms. The fraction of sp³-hybridized carbons (Fsp3) is 0.500. The highest BCUT2D eigenvalue weighted by molar-refractivity contribution is 5.43. The van der Waals surface area contributed by atoms with Crippen LogP contribution in [-0.2, 0) is 16.8 Å². The maximum Gasteiger partial charge on any atom is 0.119 e. The number of hydrogen-bond acceptors (Lipinski definition) is 3. The summed E-state index contributed by atoms with van der Waals surface area (Å²) in [6, 6.07) is 6.11. The largest absolute Gasteiger partial charge is 0.497 e. The number of ether oxygens (including phenoxy) is 2. The highest BCUT2D eigenvalue weighted by Gasteiger charge is 2.37. The molecule has 0 heterocycles. The molecule has 1 aliphatic carbocycles. The Morgan fingerprint density at radius 2 is 2.20 bits per heavy atom. The standard InChI is InChI=1S/C12H17NO2/c1-14-10-3-4-11-9(7-10)5-6-12(11,8-13)15-2/h3-4,7H,5-6,8,13H2,1-2H3. The van der Waals surface area contributed by atoms with Crippen molar-refractivity contribution in [3.05, 3.63) is 29.3 Å². The van der Waals surface area contributed by atoms with Gasteiger partial charge in [0.1, 0.15) is 11.4 Å². The van der Waals surface area contributed by atoms with Crippen molar-refractivity contribution in [1.29, 1.82) is 0 Å². The second-order valence-corrected chi connectivity index (χ2v) is 3.93. The first-order valence-electron chi connectivity index (χ1n) is 5.18. The van der Waals surface area contributed by atoms with Gasteiger partial charge in [-0.3, -0.25) is 0 Å². The smallest absolute Gasteiger partial charge is 0.119 e. The van der Waals surface area contributed by atoms with E-state index in [1.165, 1.54) is 11.1 Å². The van der Waals surface area contributed by atoms with E-state index in [4.69, 9.17) is 15.2 Å². The summed E-state index contributed by atoms with van der Waals surface area (Å²) in [4.78, 5) is 0. The van der Waals surface area contributed by atoms with E-state index < -0.39 is 0 Å². The zero-order chi connectivity index (χ0) is 10.9. The maximum absolute atomic E-state index is 5.81. The van der Waals surface area contributed by atoms with E-state index in [2.05, 4.69) is 12.1 Å². The van der Waals surface area contributed by atoms with Crippen LogP contribution in [0.1, 0.15) is 17.5 Å². The molecule has 3 nitrogen and oxygen atoms in total. The summed E-state index contributed by atoms with van der Waals surface area (Å²) in [5.41, 5.74) is 8.04. The second kappa shape index (κ2) is 3.83. The molecule has 0 amide bonds. The first-order chi connectivity index (χ1) is 7.25. The molecule has 0 radical (unpaired) electrons. The Hall–Kier alpha value is -1.06. The lowest BCUT2D eigenvalue weighted by molar-refractivity contribution is -0.00514. The second-order valence-electron chi connectivity index (χ2n) is 3.93. The quantitative estimate of drug-likeness (QED) is 0.815. The molecular formula is C12H17NO2. The number of fused-ring (bicyclic) bond motifs is 1. The zero-order valence-corrected chi connectivity index (χ0v) is 9.25.